The van der Waals surface area contributed by atoms with E-state index in [2.05, 4.69) is 36.4 Å². The van der Waals surface area contributed by atoms with Gasteiger partial charge in [-0.3, -0.25) is 0 Å². The zero-order valence-electron chi connectivity index (χ0n) is 16.6. The molecule has 0 saturated heterocycles. The first kappa shape index (κ1) is 19.8. The van der Waals surface area contributed by atoms with Crippen LogP contribution in [0.5, 0.6) is 0 Å². The molecule has 1 aromatic heterocycles. The van der Waals surface area contributed by atoms with Crippen LogP contribution in [0, 0.1) is 12.3 Å². The quantitative estimate of drug-likeness (QED) is 0.542. The van der Waals surface area contributed by atoms with Crippen molar-refractivity contribution in [1.29, 1.82) is 0 Å². The van der Waals surface area contributed by atoms with Gasteiger partial charge < -0.3 is 24.9 Å². The van der Waals surface area contributed by atoms with Crippen molar-refractivity contribution in [3.05, 3.63) is 23.7 Å². The number of methoxy groups -OCH3 is 1. The van der Waals surface area contributed by atoms with Crippen LogP contribution in [0.4, 0.5) is 0 Å². The predicted molar refractivity (Wildman–Crippen MR) is 99.7 cm³/mol. The number of rotatable bonds is 6. The minimum atomic E-state index is -1.15. The summed E-state index contributed by atoms with van der Waals surface area (Å²) in [5, 5.41) is 17.4. The molecule has 0 spiro atoms. The van der Waals surface area contributed by atoms with Gasteiger partial charge in [0.15, 0.2) is 5.96 Å². The third-order valence-corrected chi connectivity index (χ3v) is 5.75. The number of guanidine groups is 1. The summed E-state index contributed by atoms with van der Waals surface area (Å²) >= 11 is 0. The van der Waals surface area contributed by atoms with Crippen molar-refractivity contribution in [2.75, 3.05) is 20.2 Å². The number of nitrogens with one attached hydrogen (secondary N) is 2. The van der Waals surface area contributed by atoms with E-state index in [9.17, 15) is 5.11 Å². The summed E-state index contributed by atoms with van der Waals surface area (Å²) in [6, 6.07) is 3.90. The van der Waals surface area contributed by atoms with Crippen LogP contribution in [0.15, 0.2) is 21.5 Å². The van der Waals surface area contributed by atoms with Crippen molar-refractivity contribution >= 4 is 5.96 Å². The van der Waals surface area contributed by atoms with E-state index in [0.29, 0.717) is 11.7 Å². The summed E-state index contributed by atoms with van der Waals surface area (Å²) in [5.74, 6) is 2.00. The van der Waals surface area contributed by atoms with E-state index in [4.69, 9.17) is 9.15 Å². The maximum absolute atomic E-state index is 10.7. The first-order valence-electron chi connectivity index (χ1n) is 8.95. The summed E-state index contributed by atoms with van der Waals surface area (Å²) in [6.45, 7) is 13.1. The van der Waals surface area contributed by atoms with E-state index in [-0.39, 0.29) is 23.6 Å². The van der Waals surface area contributed by atoms with Crippen molar-refractivity contribution in [3.63, 3.8) is 0 Å². The molecule has 0 amide bonds. The van der Waals surface area contributed by atoms with Gasteiger partial charge in [-0.2, -0.15) is 0 Å². The van der Waals surface area contributed by atoms with Crippen LogP contribution in [0.25, 0.3) is 0 Å². The van der Waals surface area contributed by atoms with Gasteiger partial charge in [-0.05, 0) is 46.2 Å². The smallest absolute Gasteiger partial charge is 0.191 e. The Morgan fingerprint density at radius 1 is 1.44 bits per heavy atom. The molecular formula is C19H33N3O3. The summed E-state index contributed by atoms with van der Waals surface area (Å²) < 4.78 is 11.2. The van der Waals surface area contributed by atoms with Crippen LogP contribution in [-0.2, 0) is 10.3 Å². The zero-order chi connectivity index (χ0) is 18.9. The lowest BCUT2D eigenvalue weighted by atomic mass is 9.56. The molecule has 6 nitrogen and oxygen atoms in total. The van der Waals surface area contributed by atoms with Gasteiger partial charge in [-0.25, -0.2) is 4.99 Å². The third kappa shape index (κ3) is 3.85. The SMILES string of the molecule is CCNC(=NCC(C)(O)c1ccc(C)o1)NC1CC(C)(OC)C1(C)C. The Hall–Kier alpha value is -1.53. The molecule has 3 atom stereocenters. The van der Waals surface area contributed by atoms with Gasteiger partial charge in [0.05, 0.1) is 12.1 Å². The van der Waals surface area contributed by atoms with Crippen molar-refractivity contribution in [3.8, 4) is 0 Å². The van der Waals surface area contributed by atoms with Crippen molar-refractivity contribution < 1.29 is 14.3 Å². The third-order valence-electron chi connectivity index (χ3n) is 5.75. The van der Waals surface area contributed by atoms with Crippen LogP contribution < -0.4 is 10.6 Å². The second kappa shape index (κ2) is 7.00. The number of aliphatic imine (C=N–C) groups is 1. The Kier molecular flexibility index (Phi) is 5.54. The average molecular weight is 351 g/mol. The highest BCUT2D eigenvalue weighted by Gasteiger charge is 2.58. The normalized spacial score (nSPS) is 28.2. The Balaban J connectivity index is 2.07. The van der Waals surface area contributed by atoms with Crippen LogP contribution >= 0.6 is 0 Å². The molecule has 1 aromatic rings. The van der Waals surface area contributed by atoms with E-state index in [1.807, 2.05) is 19.9 Å². The lowest BCUT2D eigenvalue weighted by Crippen LogP contribution is -2.69. The fourth-order valence-corrected chi connectivity index (χ4v) is 3.24. The first-order chi connectivity index (χ1) is 11.6. The van der Waals surface area contributed by atoms with Gasteiger partial charge in [0, 0.05) is 25.1 Å². The van der Waals surface area contributed by atoms with Gasteiger partial charge in [-0.1, -0.05) is 13.8 Å². The summed E-state index contributed by atoms with van der Waals surface area (Å²) in [4.78, 5) is 4.58. The molecule has 1 saturated carbocycles. The van der Waals surface area contributed by atoms with Gasteiger partial charge in [-0.15, -0.1) is 0 Å². The van der Waals surface area contributed by atoms with Gasteiger partial charge in [0.1, 0.15) is 17.1 Å². The number of nitrogens with zero attached hydrogens (tertiary/aromatic N) is 1. The highest BCUT2D eigenvalue weighted by Crippen LogP contribution is 2.51. The Bertz CT molecular complexity index is 621. The standard InChI is InChI=1S/C19H33N3O3/c1-8-20-16(22-14-11-19(6,24-7)17(14,3)4)21-12-18(5,23)15-10-9-13(2)25-15/h9-10,14,23H,8,11-12H2,1-7H3,(H2,20,21,22). The van der Waals surface area contributed by atoms with E-state index in [1.165, 1.54) is 0 Å². The van der Waals surface area contributed by atoms with Crippen LogP contribution in [0.1, 0.15) is 52.6 Å². The van der Waals surface area contributed by atoms with E-state index < -0.39 is 5.60 Å². The van der Waals surface area contributed by atoms with Crippen molar-refractivity contribution in [2.24, 2.45) is 10.4 Å². The van der Waals surface area contributed by atoms with E-state index >= 15 is 0 Å². The highest BCUT2D eigenvalue weighted by atomic mass is 16.5. The molecule has 142 valence electrons. The number of furan rings is 1. The minimum Gasteiger partial charge on any atom is -0.463 e. The summed E-state index contributed by atoms with van der Waals surface area (Å²) in [5.41, 5.74) is -1.30. The molecule has 1 fully saturated rings. The Labute approximate surface area is 151 Å². The fraction of sp³-hybridized carbons (Fsp3) is 0.737. The Morgan fingerprint density at radius 2 is 2.12 bits per heavy atom. The molecule has 1 aliphatic carbocycles. The van der Waals surface area contributed by atoms with Crippen molar-refractivity contribution in [1.82, 2.24) is 10.6 Å². The number of ether oxygens (including phenoxy) is 1. The van der Waals surface area contributed by atoms with E-state index in [0.717, 1.165) is 18.7 Å². The zero-order valence-corrected chi connectivity index (χ0v) is 16.6. The summed E-state index contributed by atoms with van der Waals surface area (Å²) in [7, 11) is 1.76. The maximum atomic E-state index is 10.7. The van der Waals surface area contributed by atoms with Crippen molar-refractivity contribution in [2.45, 2.75) is 65.2 Å². The minimum absolute atomic E-state index is 0.0153. The molecule has 2 rings (SSSR count). The van der Waals surface area contributed by atoms with Crippen LogP contribution in [0.2, 0.25) is 0 Å². The molecule has 1 heterocycles. The van der Waals surface area contributed by atoms with Gasteiger partial charge >= 0.3 is 0 Å². The lowest BCUT2D eigenvalue weighted by molar-refractivity contribution is -0.176. The topological polar surface area (TPSA) is 79.0 Å². The second-order valence-electron chi connectivity index (χ2n) is 7.94. The second-order valence-corrected chi connectivity index (χ2v) is 7.94. The van der Waals surface area contributed by atoms with Gasteiger partial charge in [0.25, 0.3) is 0 Å². The first-order valence-corrected chi connectivity index (χ1v) is 8.95. The largest absolute Gasteiger partial charge is 0.463 e. The molecule has 0 aromatic carbocycles. The molecule has 3 N–H and O–H groups in total. The monoisotopic (exact) mass is 351 g/mol. The number of hydrogen-bond donors (Lipinski definition) is 3. The average Bonchev–Trinajstić information content (AvgIpc) is 2.99. The summed E-state index contributed by atoms with van der Waals surface area (Å²) in [6.07, 6.45) is 0.911. The number of hydrogen-bond acceptors (Lipinski definition) is 4. The highest BCUT2D eigenvalue weighted by molar-refractivity contribution is 5.80. The molecule has 3 unspecified atom stereocenters. The van der Waals surface area contributed by atoms with E-state index in [1.54, 1.807) is 20.1 Å². The molecule has 0 radical (unpaired) electrons. The predicted octanol–water partition coefficient (Wildman–Crippen LogP) is 2.55. The van der Waals surface area contributed by atoms with Crippen LogP contribution in [-0.4, -0.2) is 42.9 Å². The lowest BCUT2D eigenvalue weighted by Gasteiger charge is -2.59. The molecule has 6 heteroatoms. The molecular weight excluding hydrogens is 318 g/mol. The molecule has 1 aliphatic rings. The van der Waals surface area contributed by atoms with Gasteiger partial charge in [0.2, 0.25) is 0 Å². The molecule has 0 aliphatic heterocycles. The number of aryl methyl sites for hydroxylation is 1. The van der Waals surface area contributed by atoms with Crippen LogP contribution in [0.3, 0.4) is 0 Å². The molecule has 0 bridgehead atoms. The fourth-order valence-electron chi connectivity index (χ4n) is 3.24. The number of aliphatic hydroxyl groups is 1. The molecule has 25 heavy (non-hydrogen) atoms. The Morgan fingerprint density at radius 3 is 2.60 bits per heavy atom. The maximum Gasteiger partial charge on any atom is 0.191 e.